The minimum absolute atomic E-state index is 0. The fraction of sp³-hybridized carbons (Fsp3) is 0.357. The molecule has 1 heterocycles. The Labute approximate surface area is 134 Å². The van der Waals surface area contributed by atoms with Gasteiger partial charge in [-0.15, -0.1) is 0 Å². The third-order valence-corrected chi connectivity index (χ3v) is 3.38. The van der Waals surface area contributed by atoms with Crippen molar-refractivity contribution in [3.8, 4) is 0 Å². The first-order valence-electron chi connectivity index (χ1n) is 6.35. The van der Waals surface area contributed by atoms with Gasteiger partial charge in [-0.05, 0) is 17.7 Å². The average molecular weight is 282 g/mol. The molecule has 21 heavy (non-hydrogen) atoms. The topological polar surface area (TPSA) is 80.8 Å². The Kier molecular flexibility index (Phi) is 6.00. The molecule has 1 fully saturated rings. The molecule has 0 saturated carbocycles. The molecule has 0 unspecified atom stereocenters. The molecule has 0 aliphatic carbocycles. The molecule has 7 heteroatoms. The van der Waals surface area contributed by atoms with E-state index in [4.69, 9.17) is 0 Å². The van der Waals surface area contributed by atoms with E-state index in [1.807, 2.05) is 0 Å². The summed E-state index contributed by atoms with van der Waals surface area (Å²) in [6.07, 6.45) is 0. The summed E-state index contributed by atoms with van der Waals surface area (Å²) in [5, 5.41) is 10.6. The fourth-order valence-electron chi connectivity index (χ4n) is 2.16. The number of carbonyl (C=O) groups excluding carboxylic acids is 3. The first-order chi connectivity index (χ1) is 9.49. The van der Waals surface area contributed by atoms with Crippen LogP contribution in [0.2, 0.25) is 0 Å². The molecule has 0 atom stereocenters. The van der Waals surface area contributed by atoms with Crippen LogP contribution in [0.3, 0.4) is 0 Å². The van der Waals surface area contributed by atoms with Crippen LogP contribution in [-0.4, -0.2) is 53.8 Å². The van der Waals surface area contributed by atoms with Crippen LogP contribution >= 0.6 is 0 Å². The van der Waals surface area contributed by atoms with E-state index in [1.54, 1.807) is 9.80 Å². The number of rotatable bonds is 2. The first kappa shape index (κ1) is 17.3. The fourth-order valence-corrected chi connectivity index (χ4v) is 2.16. The Morgan fingerprint density at radius 3 is 1.76 bits per heavy atom. The molecule has 1 aliphatic heterocycles. The predicted octanol–water partition coefficient (Wildman–Crippen LogP) is -3.64. The Morgan fingerprint density at radius 2 is 1.33 bits per heavy atom. The molecule has 0 aromatic heterocycles. The van der Waals surface area contributed by atoms with Gasteiger partial charge in [0.2, 0.25) is 5.91 Å². The quantitative estimate of drug-likeness (QED) is 0.524. The number of amides is 2. The largest absolute Gasteiger partial charge is 1.00 e. The smallest absolute Gasteiger partial charge is 0.545 e. The van der Waals surface area contributed by atoms with Gasteiger partial charge in [0.15, 0.2) is 0 Å². The van der Waals surface area contributed by atoms with Crippen LogP contribution in [-0.2, 0) is 4.79 Å². The van der Waals surface area contributed by atoms with Crippen LogP contribution in [0.4, 0.5) is 0 Å². The first-order valence-corrected chi connectivity index (χ1v) is 6.35. The molecule has 0 N–H and O–H groups in total. The number of piperazine rings is 1. The van der Waals surface area contributed by atoms with Gasteiger partial charge in [0.25, 0.3) is 5.91 Å². The predicted molar refractivity (Wildman–Crippen MR) is 68.9 cm³/mol. The van der Waals surface area contributed by atoms with Crippen LogP contribution in [0.1, 0.15) is 27.6 Å². The molecular weight excluding hydrogens is 267 g/mol. The van der Waals surface area contributed by atoms with Gasteiger partial charge in [-0.3, -0.25) is 9.59 Å². The van der Waals surface area contributed by atoms with E-state index in [0.29, 0.717) is 31.7 Å². The van der Waals surface area contributed by atoms with Crippen LogP contribution in [0.15, 0.2) is 24.3 Å². The summed E-state index contributed by atoms with van der Waals surface area (Å²) < 4.78 is 0. The number of hydrogen-bond donors (Lipinski definition) is 0. The summed E-state index contributed by atoms with van der Waals surface area (Å²) in [5.41, 5.74) is 0.481. The molecule has 106 valence electrons. The SMILES string of the molecule is CC(=O)N1CCN(C(=O)c2ccc(C(=O)[O-])cc2)CC1.[Li+]. The second-order valence-corrected chi connectivity index (χ2v) is 4.66. The maximum atomic E-state index is 12.2. The van der Waals surface area contributed by atoms with Gasteiger partial charge in [-0.2, -0.15) is 0 Å². The van der Waals surface area contributed by atoms with Crippen molar-refractivity contribution in [2.45, 2.75) is 6.92 Å². The van der Waals surface area contributed by atoms with E-state index < -0.39 is 5.97 Å². The molecule has 1 saturated heterocycles. The third kappa shape index (κ3) is 4.10. The minimum Gasteiger partial charge on any atom is -0.545 e. The maximum Gasteiger partial charge on any atom is 1.00 e. The van der Waals surface area contributed by atoms with E-state index in [0.717, 1.165) is 0 Å². The molecule has 2 rings (SSSR count). The zero-order valence-corrected chi connectivity index (χ0v) is 12.2. The Hall–Kier alpha value is -1.77. The normalized spacial score (nSPS) is 14.3. The van der Waals surface area contributed by atoms with Crippen LogP contribution in [0, 0.1) is 0 Å². The van der Waals surface area contributed by atoms with Gasteiger partial charge in [0, 0.05) is 38.7 Å². The van der Waals surface area contributed by atoms with Crippen LogP contribution in [0.5, 0.6) is 0 Å². The number of hydrogen-bond acceptors (Lipinski definition) is 4. The zero-order valence-electron chi connectivity index (χ0n) is 12.2. The number of carbonyl (C=O) groups is 3. The molecule has 1 aromatic rings. The molecule has 6 nitrogen and oxygen atoms in total. The molecule has 2 amide bonds. The molecule has 1 aliphatic rings. The molecule has 0 bridgehead atoms. The van der Waals surface area contributed by atoms with E-state index in [1.165, 1.54) is 31.2 Å². The molecular formula is C14H15LiN2O4. The van der Waals surface area contributed by atoms with Crippen LogP contribution < -0.4 is 24.0 Å². The van der Waals surface area contributed by atoms with Gasteiger partial charge in [-0.1, -0.05) is 12.1 Å². The summed E-state index contributed by atoms with van der Waals surface area (Å²) in [6, 6.07) is 5.67. The van der Waals surface area contributed by atoms with Crippen molar-refractivity contribution in [2.24, 2.45) is 0 Å². The van der Waals surface area contributed by atoms with Crippen molar-refractivity contribution in [2.75, 3.05) is 26.2 Å². The van der Waals surface area contributed by atoms with Gasteiger partial charge in [0.1, 0.15) is 0 Å². The molecule has 0 spiro atoms. The molecule has 1 aromatic carbocycles. The maximum absolute atomic E-state index is 12.2. The van der Waals surface area contributed by atoms with Gasteiger partial charge in [-0.25, -0.2) is 0 Å². The summed E-state index contributed by atoms with van der Waals surface area (Å²) in [4.78, 5) is 37.4. The number of nitrogens with zero attached hydrogens (tertiary/aromatic N) is 2. The van der Waals surface area contributed by atoms with Crippen molar-refractivity contribution in [3.63, 3.8) is 0 Å². The Bertz CT molecular complexity index is 536. The van der Waals surface area contributed by atoms with Crippen molar-refractivity contribution >= 4 is 17.8 Å². The average Bonchev–Trinajstić information content (AvgIpc) is 2.46. The van der Waals surface area contributed by atoms with Gasteiger partial charge in [0.05, 0.1) is 5.97 Å². The number of aromatic carboxylic acids is 1. The summed E-state index contributed by atoms with van der Waals surface area (Å²) in [5.74, 6) is -1.41. The van der Waals surface area contributed by atoms with E-state index in [2.05, 4.69) is 0 Å². The number of carboxylic acids is 1. The Morgan fingerprint density at radius 1 is 0.905 bits per heavy atom. The van der Waals surface area contributed by atoms with Gasteiger partial charge >= 0.3 is 18.9 Å². The standard InChI is InChI=1S/C14H16N2O4.Li/c1-10(17)15-6-8-16(9-7-15)13(18)11-2-4-12(5-3-11)14(19)20;/h2-5H,6-9H2,1H3,(H,19,20);/q;+1/p-1. The monoisotopic (exact) mass is 282 g/mol. The van der Waals surface area contributed by atoms with Crippen molar-refractivity contribution < 1.29 is 38.4 Å². The summed E-state index contributed by atoms with van der Waals surface area (Å²) in [6.45, 7) is 3.54. The summed E-state index contributed by atoms with van der Waals surface area (Å²) >= 11 is 0. The molecule has 0 radical (unpaired) electrons. The minimum atomic E-state index is -1.26. The van der Waals surface area contributed by atoms with Crippen molar-refractivity contribution in [3.05, 3.63) is 35.4 Å². The van der Waals surface area contributed by atoms with Crippen LogP contribution in [0.25, 0.3) is 0 Å². The second-order valence-electron chi connectivity index (χ2n) is 4.66. The van der Waals surface area contributed by atoms with Crippen molar-refractivity contribution in [1.82, 2.24) is 9.80 Å². The second kappa shape index (κ2) is 7.30. The third-order valence-electron chi connectivity index (χ3n) is 3.38. The van der Waals surface area contributed by atoms with E-state index in [-0.39, 0.29) is 36.2 Å². The van der Waals surface area contributed by atoms with E-state index >= 15 is 0 Å². The Balaban J connectivity index is 0.00000220. The van der Waals surface area contributed by atoms with E-state index in [9.17, 15) is 19.5 Å². The summed E-state index contributed by atoms with van der Waals surface area (Å²) in [7, 11) is 0. The number of carboxylic acid groups (broad SMARTS) is 1. The van der Waals surface area contributed by atoms with Gasteiger partial charge < -0.3 is 19.7 Å². The van der Waals surface area contributed by atoms with Crippen molar-refractivity contribution in [1.29, 1.82) is 0 Å². The zero-order chi connectivity index (χ0) is 14.7. The number of benzene rings is 1.